The SMILES string of the molecule is Cc1ccc(O)cc1-n1c(N)c(C(N)=O)c2nc(Cl)ccc21. The number of fused-ring (bicyclic) bond motifs is 1. The first-order valence-electron chi connectivity index (χ1n) is 6.46. The summed E-state index contributed by atoms with van der Waals surface area (Å²) in [5.74, 6) is -0.441. The number of phenols is 1. The van der Waals surface area contributed by atoms with Crippen LogP contribution in [-0.4, -0.2) is 20.6 Å². The number of benzene rings is 1. The Labute approximate surface area is 130 Å². The van der Waals surface area contributed by atoms with Gasteiger partial charge in [-0.15, -0.1) is 0 Å². The van der Waals surface area contributed by atoms with Crippen LogP contribution in [0.5, 0.6) is 5.75 Å². The fourth-order valence-electron chi connectivity index (χ4n) is 2.50. The first kappa shape index (κ1) is 14.2. The monoisotopic (exact) mass is 316 g/mol. The van der Waals surface area contributed by atoms with Crippen LogP contribution in [0.3, 0.4) is 0 Å². The first-order chi connectivity index (χ1) is 10.4. The zero-order valence-electron chi connectivity index (χ0n) is 11.7. The summed E-state index contributed by atoms with van der Waals surface area (Å²) in [4.78, 5) is 15.9. The maximum Gasteiger partial charge on any atom is 0.254 e. The van der Waals surface area contributed by atoms with Crippen LogP contribution in [0, 0.1) is 6.92 Å². The van der Waals surface area contributed by atoms with Crippen molar-refractivity contribution in [2.75, 3.05) is 5.73 Å². The molecule has 5 N–H and O–H groups in total. The standard InChI is InChI=1S/C15H13ClN4O2/c1-7-2-3-8(21)6-10(7)20-9-4-5-11(16)19-13(9)12(14(20)17)15(18)22/h2-6,21H,17H2,1H3,(H2,18,22). The van der Waals surface area contributed by atoms with Crippen molar-refractivity contribution in [1.82, 2.24) is 9.55 Å². The molecule has 1 aromatic carbocycles. The van der Waals surface area contributed by atoms with Crippen molar-refractivity contribution >= 4 is 34.4 Å². The molecular formula is C15H13ClN4O2. The summed E-state index contributed by atoms with van der Waals surface area (Å²) in [5, 5.41) is 9.98. The van der Waals surface area contributed by atoms with E-state index in [1.54, 1.807) is 34.9 Å². The van der Waals surface area contributed by atoms with Crippen molar-refractivity contribution in [3.8, 4) is 11.4 Å². The number of hydrogen-bond donors (Lipinski definition) is 3. The zero-order chi connectivity index (χ0) is 16.0. The van der Waals surface area contributed by atoms with Gasteiger partial charge in [-0.3, -0.25) is 9.36 Å². The second-order valence-electron chi connectivity index (χ2n) is 4.93. The smallest absolute Gasteiger partial charge is 0.254 e. The molecule has 3 rings (SSSR count). The Bertz CT molecular complexity index is 918. The number of rotatable bonds is 2. The van der Waals surface area contributed by atoms with Gasteiger partial charge in [0.1, 0.15) is 27.8 Å². The van der Waals surface area contributed by atoms with Crippen LogP contribution in [0.15, 0.2) is 30.3 Å². The number of nitrogens with two attached hydrogens (primary N) is 2. The molecule has 22 heavy (non-hydrogen) atoms. The van der Waals surface area contributed by atoms with Crippen molar-refractivity contribution < 1.29 is 9.90 Å². The van der Waals surface area contributed by atoms with Gasteiger partial charge in [-0.1, -0.05) is 17.7 Å². The summed E-state index contributed by atoms with van der Waals surface area (Å²) >= 11 is 5.91. The number of carbonyl (C=O) groups excluding carboxylic acids is 1. The molecule has 2 heterocycles. The number of hydrogen-bond acceptors (Lipinski definition) is 4. The zero-order valence-corrected chi connectivity index (χ0v) is 12.4. The molecule has 1 amide bonds. The van der Waals surface area contributed by atoms with Gasteiger partial charge in [0, 0.05) is 6.07 Å². The fraction of sp³-hybridized carbons (Fsp3) is 0.0667. The van der Waals surface area contributed by atoms with E-state index in [4.69, 9.17) is 23.1 Å². The van der Waals surface area contributed by atoms with E-state index in [0.29, 0.717) is 16.7 Å². The molecule has 0 radical (unpaired) electrons. The van der Waals surface area contributed by atoms with E-state index in [1.165, 1.54) is 0 Å². The average molecular weight is 317 g/mol. The van der Waals surface area contributed by atoms with Crippen LogP contribution >= 0.6 is 11.6 Å². The lowest BCUT2D eigenvalue weighted by Gasteiger charge is -2.11. The molecule has 0 unspecified atom stereocenters. The van der Waals surface area contributed by atoms with Gasteiger partial charge in [-0.2, -0.15) is 0 Å². The Morgan fingerprint density at radius 2 is 2.05 bits per heavy atom. The summed E-state index contributed by atoms with van der Waals surface area (Å²) < 4.78 is 1.63. The third-order valence-corrected chi connectivity index (χ3v) is 3.71. The average Bonchev–Trinajstić information content (AvgIpc) is 2.73. The third kappa shape index (κ3) is 2.05. The highest BCUT2D eigenvalue weighted by molar-refractivity contribution is 6.30. The number of pyridine rings is 1. The summed E-state index contributed by atoms with van der Waals surface area (Å²) in [7, 11) is 0. The van der Waals surface area contributed by atoms with Crippen LogP contribution in [0.2, 0.25) is 5.15 Å². The molecule has 0 saturated carbocycles. The Balaban J connectivity index is 2.47. The summed E-state index contributed by atoms with van der Waals surface area (Å²) in [5.41, 5.74) is 14.1. The van der Waals surface area contributed by atoms with Gasteiger partial charge in [0.15, 0.2) is 0 Å². The van der Waals surface area contributed by atoms with E-state index in [9.17, 15) is 9.90 Å². The lowest BCUT2D eigenvalue weighted by Crippen LogP contribution is -2.14. The van der Waals surface area contributed by atoms with Gasteiger partial charge in [-0.25, -0.2) is 4.98 Å². The Morgan fingerprint density at radius 1 is 1.32 bits per heavy atom. The van der Waals surface area contributed by atoms with E-state index >= 15 is 0 Å². The number of halogens is 1. The molecular weight excluding hydrogens is 304 g/mol. The predicted molar refractivity (Wildman–Crippen MR) is 85.4 cm³/mol. The largest absolute Gasteiger partial charge is 0.508 e. The number of aryl methyl sites for hydroxylation is 1. The number of carbonyl (C=O) groups is 1. The maximum atomic E-state index is 11.7. The van der Waals surface area contributed by atoms with Gasteiger partial charge in [-0.05, 0) is 30.7 Å². The molecule has 7 heteroatoms. The number of aromatic nitrogens is 2. The van der Waals surface area contributed by atoms with E-state index < -0.39 is 5.91 Å². The second-order valence-corrected chi connectivity index (χ2v) is 5.32. The maximum absolute atomic E-state index is 11.7. The van der Waals surface area contributed by atoms with Crippen LogP contribution in [0.1, 0.15) is 15.9 Å². The number of anilines is 1. The van der Waals surface area contributed by atoms with E-state index in [0.717, 1.165) is 5.56 Å². The van der Waals surface area contributed by atoms with Crippen molar-refractivity contribution in [1.29, 1.82) is 0 Å². The fourth-order valence-corrected chi connectivity index (χ4v) is 2.64. The molecule has 0 aliphatic heterocycles. The highest BCUT2D eigenvalue weighted by Crippen LogP contribution is 2.33. The number of phenolic OH excluding ortho intramolecular Hbond substituents is 1. The van der Waals surface area contributed by atoms with Crippen molar-refractivity contribution in [2.45, 2.75) is 6.92 Å². The van der Waals surface area contributed by atoms with Crippen molar-refractivity contribution in [3.63, 3.8) is 0 Å². The predicted octanol–water partition coefficient (Wildman–Crippen LogP) is 2.37. The summed E-state index contributed by atoms with van der Waals surface area (Å²) in [6.45, 7) is 1.87. The highest BCUT2D eigenvalue weighted by atomic mass is 35.5. The lowest BCUT2D eigenvalue weighted by molar-refractivity contribution is 0.100. The number of nitrogen functional groups attached to an aromatic ring is 1. The van der Waals surface area contributed by atoms with Gasteiger partial charge in [0.05, 0.1) is 11.2 Å². The Morgan fingerprint density at radius 3 is 2.73 bits per heavy atom. The first-order valence-corrected chi connectivity index (χ1v) is 6.84. The summed E-state index contributed by atoms with van der Waals surface area (Å²) in [6, 6.07) is 8.19. The molecule has 0 atom stereocenters. The molecule has 6 nitrogen and oxygen atoms in total. The lowest BCUT2D eigenvalue weighted by atomic mass is 10.2. The molecule has 0 spiro atoms. The topological polar surface area (TPSA) is 107 Å². The number of aromatic hydroxyl groups is 1. The molecule has 0 saturated heterocycles. The van der Waals surface area contributed by atoms with E-state index in [2.05, 4.69) is 4.98 Å². The quantitative estimate of drug-likeness (QED) is 0.631. The van der Waals surface area contributed by atoms with Crippen LogP contribution in [0.4, 0.5) is 5.82 Å². The molecule has 0 aliphatic rings. The van der Waals surface area contributed by atoms with Crippen molar-refractivity contribution in [3.05, 3.63) is 46.6 Å². The molecule has 0 aliphatic carbocycles. The number of amides is 1. The summed E-state index contributed by atoms with van der Waals surface area (Å²) in [6.07, 6.45) is 0. The number of primary amides is 1. The normalized spacial score (nSPS) is 11.0. The van der Waals surface area contributed by atoms with E-state index in [-0.39, 0.29) is 22.3 Å². The van der Waals surface area contributed by atoms with E-state index in [1.807, 2.05) is 6.92 Å². The second kappa shape index (κ2) is 4.92. The molecule has 0 bridgehead atoms. The molecule has 0 fully saturated rings. The minimum absolute atomic E-state index is 0.0874. The van der Waals surface area contributed by atoms with Crippen LogP contribution in [0.25, 0.3) is 16.7 Å². The molecule has 3 aromatic rings. The minimum Gasteiger partial charge on any atom is -0.508 e. The van der Waals surface area contributed by atoms with Crippen LogP contribution < -0.4 is 11.5 Å². The molecule has 2 aromatic heterocycles. The Kier molecular flexibility index (Phi) is 3.18. The van der Waals surface area contributed by atoms with Gasteiger partial charge < -0.3 is 16.6 Å². The van der Waals surface area contributed by atoms with Gasteiger partial charge >= 0.3 is 0 Å². The number of nitrogens with zero attached hydrogens (tertiary/aromatic N) is 2. The van der Waals surface area contributed by atoms with Gasteiger partial charge in [0.25, 0.3) is 5.91 Å². The highest BCUT2D eigenvalue weighted by Gasteiger charge is 2.22. The Hall–Kier alpha value is -2.73. The van der Waals surface area contributed by atoms with Crippen LogP contribution in [-0.2, 0) is 0 Å². The third-order valence-electron chi connectivity index (χ3n) is 3.49. The van der Waals surface area contributed by atoms with Gasteiger partial charge in [0.2, 0.25) is 0 Å². The minimum atomic E-state index is -0.686. The van der Waals surface area contributed by atoms with Crippen molar-refractivity contribution in [2.24, 2.45) is 5.73 Å². The molecule has 112 valence electrons.